The lowest BCUT2D eigenvalue weighted by Gasteiger charge is -2.30. The number of halogens is 1. The molecular formula is C26H27FN2O4. The number of anilines is 2. The highest BCUT2D eigenvalue weighted by Crippen LogP contribution is 2.27. The standard InChI is InChI=1S/C26H27FN2O4/c1-31-26(30)23-16-21(9-10-25(23)29-11-13-32-14-12-29)28-17-19-5-4-7-22(15-19)33-18-20-6-2-3-8-24(20)27/h2-10,15-16,28H,11-14,17-18H2,1H3. The van der Waals surface area contributed by atoms with Crippen molar-refractivity contribution in [3.05, 3.63) is 89.2 Å². The van der Waals surface area contributed by atoms with Crippen LogP contribution in [0.3, 0.4) is 0 Å². The van der Waals surface area contributed by atoms with Crippen molar-refractivity contribution in [3.8, 4) is 5.75 Å². The predicted molar refractivity (Wildman–Crippen MR) is 125 cm³/mol. The third-order valence-corrected chi connectivity index (χ3v) is 5.50. The summed E-state index contributed by atoms with van der Waals surface area (Å²) in [5, 5.41) is 3.35. The van der Waals surface area contributed by atoms with Gasteiger partial charge in [0, 0.05) is 30.9 Å². The smallest absolute Gasteiger partial charge is 0.340 e. The zero-order valence-electron chi connectivity index (χ0n) is 18.6. The average Bonchev–Trinajstić information content (AvgIpc) is 2.87. The van der Waals surface area contributed by atoms with Crippen molar-refractivity contribution in [1.29, 1.82) is 0 Å². The molecule has 7 heteroatoms. The van der Waals surface area contributed by atoms with Crippen LogP contribution in [0, 0.1) is 5.82 Å². The van der Waals surface area contributed by atoms with E-state index in [0.29, 0.717) is 36.6 Å². The first kappa shape index (κ1) is 22.6. The maximum atomic E-state index is 13.8. The Hall–Kier alpha value is -3.58. The number of morpholine rings is 1. The SMILES string of the molecule is COC(=O)c1cc(NCc2cccc(OCc3ccccc3F)c2)ccc1N1CCOCC1. The molecule has 6 nitrogen and oxygen atoms in total. The van der Waals surface area contributed by atoms with Crippen LogP contribution in [-0.2, 0) is 22.6 Å². The van der Waals surface area contributed by atoms with E-state index >= 15 is 0 Å². The van der Waals surface area contributed by atoms with Crippen molar-refractivity contribution in [2.24, 2.45) is 0 Å². The molecule has 172 valence electrons. The Kier molecular flexibility index (Phi) is 7.42. The average molecular weight is 451 g/mol. The van der Waals surface area contributed by atoms with Gasteiger partial charge in [-0.1, -0.05) is 30.3 Å². The third-order valence-electron chi connectivity index (χ3n) is 5.50. The molecule has 0 saturated carbocycles. The van der Waals surface area contributed by atoms with Gasteiger partial charge in [-0.25, -0.2) is 9.18 Å². The van der Waals surface area contributed by atoms with Crippen molar-refractivity contribution in [2.75, 3.05) is 43.6 Å². The second-order valence-corrected chi connectivity index (χ2v) is 7.70. The number of methoxy groups -OCH3 is 1. The van der Waals surface area contributed by atoms with Gasteiger partial charge in [-0.15, -0.1) is 0 Å². The largest absolute Gasteiger partial charge is 0.489 e. The molecule has 1 aliphatic heterocycles. The van der Waals surface area contributed by atoms with Crippen LogP contribution in [0.5, 0.6) is 5.75 Å². The summed E-state index contributed by atoms with van der Waals surface area (Å²) in [6.07, 6.45) is 0. The van der Waals surface area contributed by atoms with Gasteiger partial charge in [0.2, 0.25) is 0 Å². The molecule has 0 radical (unpaired) electrons. The second kappa shape index (κ2) is 10.8. The molecule has 1 N–H and O–H groups in total. The van der Waals surface area contributed by atoms with Crippen LogP contribution in [-0.4, -0.2) is 39.4 Å². The summed E-state index contributed by atoms with van der Waals surface area (Å²) >= 11 is 0. The molecule has 1 aliphatic rings. The van der Waals surface area contributed by atoms with Crippen LogP contribution in [0.4, 0.5) is 15.8 Å². The molecule has 0 atom stereocenters. The Bertz CT molecular complexity index is 1100. The van der Waals surface area contributed by atoms with Crippen molar-refractivity contribution in [3.63, 3.8) is 0 Å². The first-order valence-electron chi connectivity index (χ1n) is 10.9. The Morgan fingerprint density at radius 2 is 1.88 bits per heavy atom. The Morgan fingerprint density at radius 1 is 1.06 bits per heavy atom. The monoisotopic (exact) mass is 450 g/mol. The summed E-state index contributed by atoms with van der Waals surface area (Å²) in [4.78, 5) is 14.5. The fourth-order valence-corrected chi connectivity index (χ4v) is 3.73. The Morgan fingerprint density at radius 3 is 2.67 bits per heavy atom. The van der Waals surface area contributed by atoms with Gasteiger partial charge in [-0.05, 0) is 42.0 Å². The number of esters is 1. The first-order valence-corrected chi connectivity index (χ1v) is 10.9. The highest BCUT2D eigenvalue weighted by Gasteiger charge is 2.20. The minimum atomic E-state index is -0.372. The maximum absolute atomic E-state index is 13.8. The lowest BCUT2D eigenvalue weighted by molar-refractivity contribution is 0.0600. The molecule has 1 heterocycles. The molecule has 4 rings (SSSR count). The van der Waals surface area contributed by atoms with Gasteiger partial charge in [0.05, 0.1) is 31.6 Å². The summed E-state index contributed by atoms with van der Waals surface area (Å²) in [5.41, 5.74) is 3.69. The van der Waals surface area contributed by atoms with Crippen molar-refractivity contribution < 1.29 is 23.4 Å². The zero-order chi connectivity index (χ0) is 23.0. The van der Waals surface area contributed by atoms with Crippen LogP contribution >= 0.6 is 0 Å². The number of benzene rings is 3. The van der Waals surface area contributed by atoms with Gasteiger partial charge in [-0.2, -0.15) is 0 Å². The van der Waals surface area contributed by atoms with E-state index < -0.39 is 0 Å². The number of ether oxygens (including phenoxy) is 3. The minimum absolute atomic E-state index is 0.162. The molecule has 0 amide bonds. The van der Waals surface area contributed by atoms with E-state index in [1.807, 2.05) is 42.5 Å². The first-order chi connectivity index (χ1) is 16.1. The minimum Gasteiger partial charge on any atom is -0.489 e. The molecule has 0 unspecified atom stereocenters. The van der Waals surface area contributed by atoms with E-state index in [-0.39, 0.29) is 18.4 Å². The molecule has 0 aliphatic carbocycles. The van der Waals surface area contributed by atoms with E-state index in [2.05, 4.69) is 10.2 Å². The normalized spacial score (nSPS) is 13.5. The van der Waals surface area contributed by atoms with Crippen LogP contribution in [0.15, 0.2) is 66.7 Å². The lowest BCUT2D eigenvalue weighted by atomic mass is 10.1. The van der Waals surface area contributed by atoms with Gasteiger partial charge in [0.25, 0.3) is 0 Å². The fourth-order valence-electron chi connectivity index (χ4n) is 3.73. The van der Waals surface area contributed by atoms with Crippen LogP contribution in [0.1, 0.15) is 21.5 Å². The van der Waals surface area contributed by atoms with E-state index in [9.17, 15) is 9.18 Å². The topological polar surface area (TPSA) is 60.0 Å². The highest BCUT2D eigenvalue weighted by molar-refractivity contribution is 5.97. The van der Waals surface area contributed by atoms with Gasteiger partial charge >= 0.3 is 5.97 Å². The lowest BCUT2D eigenvalue weighted by Crippen LogP contribution is -2.37. The quantitative estimate of drug-likeness (QED) is 0.505. The molecule has 33 heavy (non-hydrogen) atoms. The number of hydrogen-bond donors (Lipinski definition) is 1. The van der Waals surface area contributed by atoms with Crippen molar-refractivity contribution in [1.82, 2.24) is 0 Å². The Balaban J connectivity index is 1.42. The second-order valence-electron chi connectivity index (χ2n) is 7.70. The molecule has 0 spiro atoms. The number of nitrogens with zero attached hydrogens (tertiary/aromatic N) is 1. The van der Waals surface area contributed by atoms with E-state index in [4.69, 9.17) is 14.2 Å². The number of carbonyl (C=O) groups excluding carboxylic acids is 1. The summed E-state index contributed by atoms with van der Waals surface area (Å²) < 4.78 is 30.0. The van der Waals surface area contributed by atoms with E-state index in [1.165, 1.54) is 13.2 Å². The van der Waals surface area contributed by atoms with Gasteiger partial charge in [0.1, 0.15) is 18.2 Å². The summed E-state index contributed by atoms with van der Waals surface area (Å²) in [6.45, 7) is 3.43. The molecular weight excluding hydrogens is 423 g/mol. The molecule has 1 saturated heterocycles. The van der Waals surface area contributed by atoms with E-state index in [0.717, 1.165) is 30.0 Å². The summed E-state index contributed by atoms with van der Waals surface area (Å²) in [5.74, 6) is 0.0106. The van der Waals surface area contributed by atoms with Crippen molar-refractivity contribution >= 4 is 17.3 Å². The number of rotatable bonds is 8. The maximum Gasteiger partial charge on any atom is 0.340 e. The van der Waals surface area contributed by atoms with Gasteiger partial charge in [0.15, 0.2) is 0 Å². The van der Waals surface area contributed by atoms with Crippen LogP contribution in [0.25, 0.3) is 0 Å². The Labute approximate surface area is 192 Å². The fraction of sp³-hybridized carbons (Fsp3) is 0.269. The molecule has 1 fully saturated rings. The molecule has 3 aromatic carbocycles. The van der Waals surface area contributed by atoms with Gasteiger partial charge in [-0.3, -0.25) is 0 Å². The number of nitrogens with one attached hydrogen (secondary N) is 1. The van der Waals surface area contributed by atoms with Crippen molar-refractivity contribution in [2.45, 2.75) is 13.2 Å². The summed E-state index contributed by atoms with van der Waals surface area (Å²) in [7, 11) is 1.39. The van der Waals surface area contributed by atoms with E-state index in [1.54, 1.807) is 18.2 Å². The highest BCUT2D eigenvalue weighted by atomic mass is 19.1. The zero-order valence-corrected chi connectivity index (χ0v) is 18.6. The summed E-state index contributed by atoms with van der Waals surface area (Å²) in [6, 6.07) is 19.9. The number of carbonyl (C=O) groups is 1. The van der Waals surface area contributed by atoms with Crippen LogP contribution in [0.2, 0.25) is 0 Å². The molecule has 0 bridgehead atoms. The number of hydrogen-bond acceptors (Lipinski definition) is 6. The molecule has 3 aromatic rings. The third kappa shape index (κ3) is 5.81. The predicted octanol–water partition coefficient (Wildman–Crippen LogP) is 4.64. The molecule has 0 aromatic heterocycles. The van der Waals surface area contributed by atoms with Crippen LogP contribution < -0.4 is 15.0 Å². The van der Waals surface area contributed by atoms with Gasteiger partial charge < -0.3 is 24.4 Å².